The Morgan fingerprint density at radius 1 is 1.09 bits per heavy atom. The zero-order valence-electron chi connectivity index (χ0n) is 18.7. The third kappa shape index (κ3) is 2.73. The Morgan fingerprint density at radius 2 is 1.88 bits per heavy atom. The Labute approximate surface area is 196 Å². The molecule has 7 heteroatoms. The summed E-state index contributed by atoms with van der Waals surface area (Å²) in [6.07, 6.45) is 0. The van der Waals surface area contributed by atoms with Crippen molar-refractivity contribution < 1.29 is 23.5 Å². The molecule has 3 aliphatic rings. The molecule has 2 amide bonds. The van der Waals surface area contributed by atoms with Gasteiger partial charge in [-0.3, -0.25) is 9.59 Å². The van der Waals surface area contributed by atoms with E-state index in [1.165, 1.54) is 18.2 Å². The van der Waals surface area contributed by atoms with Gasteiger partial charge in [-0.05, 0) is 42.8 Å². The van der Waals surface area contributed by atoms with Crippen molar-refractivity contribution >= 4 is 17.5 Å². The van der Waals surface area contributed by atoms with Crippen LogP contribution >= 0.6 is 0 Å². The monoisotopic (exact) mass is 458 g/mol. The van der Waals surface area contributed by atoms with Crippen LogP contribution in [0, 0.1) is 11.7 Å². The Hall–Kier alpha value is -3.87. The highest BCUT2D eigenvalue weighted by Crippen LogP contribution is 2.60. The predicted molar refractivity (Wildman–Crippen MR) is 124 cm³/mol. The van der Waals surface area contributed by atoms with Crippen molar-refractivity contribution in [3.63, 3.8) is 0 Å². The summed E-state index contributed by atoms with van der Waals surface area (Å²) in [6.45, 7) is 2.15. The van der Waals surface area contributed by atoms with Gasteiger partial charge < -0.3 is 19.7 Å². The second-order valence-corrected chi connectivity index (χ2v) is 9.18. The topological polar surface area (TPSA) is 67.9 Å². The number of hydrogen-bond donors (Lipinski definition) is 1. The van der Waals surface area contributed by atoms with Crippen LogP contribution in [0.4, 0.5) is 10.1 Å². The number of halogens is 1. The molecular formula is C27H23FN2O4. The van der Waals surface area contributed by atoms with Gasteiger partial charge in [0.25, 0.3) is 11.8 Å². The van der Waals surface area contributed by atoms with E-state index < -0.39 is 17.4 Å². The first-order valence-corrected chi connectivity index (χ1v) is 11.2. The lowest BCUT2D eigenvalue weighted by Gasteiger charge is -2.38. The number of amides is 2. The van der Waals surface area contributed by atoms with Crippen molar-refractivity contribution in [3.8, 4) is 11.5 Å². The maximum absolute atomic E-state index is 14.1. The number of rotatable bonds is 2. The fraction of sp³-hybridized carbons (Fsp3) is 0.259. The molecule has 172 valence electrons. The number of ether oxygens (including phenoxy) is 2. The molecule has 3 aromatic rings. The SMILES string of the molecule is COc1ccc2c(c1)OCC1C2N2C(=O)c3ccc(F)cc3NC(=O)[C@@]2(C)C1c1ccccc1. The number of fused-ring (bicyclic) bond motifs is 6. The van der Waals surface area contributed by atoms with Crippen LogP contribution in [0.2, 0.25) is 0 Å². The molecule has 6 rings (SSSR count). The summed E-state index contributed by atoms with van der Waals surface area (Å²) in [6, 6.07) is 18.8. The molecule has 0 bridgehead atoms. The van der Waals surface area contributed by atoms with Crippen LogP contribution in [-0.4, -0.2) is 36.0 Å². The van der Waals surface area contributed by atoms with Gasteiger partial charge in [0.05, 0.1) is 31.0 Å². The fourth-order valence-electron chi connectivity index (χ4n) is 5.99. The highest BCUT2D eigenvalue weighted by molar-refractivity contribution is 6.12. The number of methoxy groups -OCH3 is 1. The van der Waals surface area contributed by atoms with Crippen molar-refractivity contribution in [2.45, 2.75) is 24.4 Å². The van der Waals surface area contributed by atoms with Gasteiger partial charge in [0.15, 0.2) is 0 Å². The molecule has 1 saturated heterocycles. The van der Waals surface area contributed by atoms with Crippen LogP contribution in [-0.2, 0) is 4.79 Å². The summed E-state index contributed by atoms with van der Waals surface area (Å²) < 4.78 is 25.6. The van der Waals surface area contributed by atoms with E-state index in [4.69, 9.17) is 9.47 Å². The number of hydrogen-bond acceptors (Lipinski definition) is 4. The van der Waals surface area contributed by atoms with Gasteiger partial charge in [0, 0.05) is 23.5 Å². The highest BCUT2D eigenvalue weighted by atomic mass is 19.1. The third-order valence-electron chi connectivity index (χ3n) is 7.49. The van der Waals surface area contributed by atoms with E-state index in [0.717, 1.165) is 11.1 Å². The van der Waals surface area contributed by atoms with Gasteiger partial charge in [0.2, 0.25) is 0 Å². The molecule has 4 atom stereocenters. The maximum atomic E-state index is 14.1. The van der Waals surface area contributed by atoms with Crippen molar-refractivity contribution in [1.82, 2.24) is 4.90 Å². The molecule has 1 fully saturated rings. The summed E-state index contributed by atoms with van der Waals surface area (Å²) in [5, 5.41) is 2.85. The molecule has 3 aliphatic heterocycles. The average Bonchev–Trinajstić information content (AvgIpc) is 3.09. The van der Waals surface area contributed by atoms with Gasteiger partial charge in [-0.2, -0.15) is 0 Å². The number of nitrogens with one attached hydrogen (secondary N) is 1. The third-order valence-corrected chi connectivity index (χ3v) is 7.49. The zero-order chi connectivity index (χ0) is 23.6. The van der Waals surface area contributed by atoms with Gasteiger partial charge in [-0.1, -0.05) is 30.3 Å². The minimum Gasteiger partial charge on any atom is -0.497 e. The molecule has 0 spiro atoms. The van der Waals surface area contributed by atoms with Gasteiger partial charge in [-0.25, -0.2) is 4.39 Å². The van der Waals surface area contributed by atoms with Crippen LogP contribution in [0.15, 0.2) is 66.7 Å². The number of benzene rings is 3. The summed E-state index contributed by atoms with van der Waals surface area (Å²) in [4.78, 5) is 29.7. The van der Waals surface area contributed by atoms with Crippen LogP contribution in [0.5, 0.6) is 11.5 Å². The van der Waals surface area contributed by atoms with E-state index in [1.54, 1.807) is 12.0 Å². The minimum atomic E-state index is -1.23. The molecule has 1 N–H and O–H groups in total. The Bertz CT molecular complexity index is 1330. The minimum absolute atomic E-state index is 0.162. The Morgan fingerprint density at radius 3 is 2.65 bits per heavy atom. The summed E-state index contributed by atoms with van der Waals surface area (Å²) in [5.74, 6) is -0.384. The van der Waals surface area contributed by atoms with E-state index in [-0.39, 0.29) is 34.9 Å². The Kier molecular flexibility index (Phi) is 4.46. The summed E-state index contributed by atoms with van der Waals surface area (Å²) in [5.41, 5.74) is 1.01. The quantitative estimate of drug-likeness (QED) is 0.613. The van der Waals surface area contributed by atoms with Crippen LogP contribution in [0.25, 0.3) is 0 Å². The van der Waals surface area contributed by atoms with E-state index in [0.29, 0.717) is 18.1 Å². The largest absolute Gasteiger partial charge is 0.497 e. The van der Waals surface area contributed by atoms with Crippen LogP contribution in [0.3, 0.4) is 0 Å². The standard InChI is InChI=1S/C27H23FN2O4/c1-27-23(15-6-4-3-5-7-15)20-14-34-22-13-17(33-2)9-11-19(22)24(20)30(27)25(31)18-10-8-16(28)12-21(18)29-26(27)32/h3-13,20,23-24H,14H2,1-2H3,(H,29,32)/t20?,23?,24?,27-/m1/s1. The number of anilines is 1. The normalized spacial score (nSPS) is 26.9. The van der Waals surface area contributed by atoms with Crippen LogP contribution < -0.4 is 14.8 Å². The lowest BCUT2D eigenvalue weighted by Crippen LogP contribution is -2.54. The zero-order valence-corrected chi connectivity index (χ0v) is 18.7. The molecule has 3 heterocycles. The first-order chi connectivity index (χ1) is 16.4. The van der Waals surface area contributed by atoms with Gasteiger partial charge >= 0.3 is 0 Å². The molecule has 6 nitrogen and oxygen atoms in total. The molecule has 3 unspecified atom stereocenters. The summed E-state index contributed by atoms with van der Waals surface area (Å²) in [7, 11) is 1.59. The average molecular weight is 458 g/mol. The van der Waals surface area contributed by atoms with E-state index in [1.807, 2.05) is 55.5 Å². The molecule has 0 radical (unpaired) electrons. The highest BCUT2D eigenvalue weighted by Gasteiger charge is 2.65. The first kappa shape index (κ1) is 20.7. The Balaban J connectivity index is 1.61. The molecule has 0 aliphatic carbocycles. The fourth-order valence-corrected chi connectivity index (χ4v) is 5.99. The van der Waals surface area contributed by atoms with E-state index in [2.05, 4.69) is 5.32 Å². The second-order valence-electron chi connectivity index (χ2n) is 9.18. The van der Waals surface area contributed by atoms with Crippen molar-refractivity contribution in [2.75, 3.05) is 19.0 Å². The smallest absolute Gasteiger partial charge is 0.257 e. The summed E-state index contributed by atoms with van der Waals surface area (Å²) >= 11 is 0. The molecule has 0 saturated carbocycles. The maximum Gasteiger partial charge on any atom is 0.257 e. The number of carbonyl (C=O) groups excluding carboxylic acids is 2. The lowest BCUT2D eigenvalue weighted by molar-refractivity contribution is -0.125. The number of nitrogens with zero attached hydrogens (tertiary/aromatic N) is 1. The van der Waals surface area contributed by atoms with Crippen molar-refractivity contribution in [2.24, 2.45) is 5.92 Å². The van der Waals surface area contributed by atoms with E-state index >= 15 is 0 Å². The molecule has 3 aromatic carbocycles. The lowest BCUT2D eigenvalue weighted by atomic mass is 9.73. The van der Waals surface area contributed by atoms with E-state index in [9.17, 15) is 14.0 Å². The molecule has 0 aromatic heterocycles. The van der Waals surface area contributed by atoms with Crippen molar-refractivity contribution in [3.05, 3.63) is 89.2 Å². The predicted octanol–water partition coefficient (Wildman–Crippen LogP) is 4.53. The first-order valence-electron chi connectivity index (χ1n) is 11.2. The second kappa shape index (κ2) is 7.32. The molecular weight excluding hydrogens is 435 g/mol. The van der Waals surface area contributed by atoms with Gasteiger partial charge in [-0.15, -0.1) is 0 Å². The van der Waals surface area contributed by atoms with Crippen LogP contribution in [0.1, 0.15) is 40.4 Å². The van der Waals surface area contributed by atoms with Gasteiger partial charge in [0.1, 0.15) is 22.9 Å². The number of carbonyl (C=O) groups is 2. The molecule has 34 heavy (non-hydrogen) atoms. The van der Waals surface area contributed by atoms with Crippen molar-refractivity contribution in [1.29, 1.82) is 0 Å².